The van der Waals surface area contributed by atoms with Crippen molar-refractivity contribution in [3.8, 4) is 0 Å². The Hall–Kier alpha value is -0.900. The maximum absolute atomic E-state index is 13.4. The average Bonchev–Trinajstić information content (AvgIpc) is 3.27. The van der Waals surface area contributed by atoms with Crippen LogP contribution in [0.5, 0.6) is 0 Å². The number of halogens is 2. The van der Waals surface area contributed by atoms with Gasteiger partial charge in [-0.2, -0.15) is 0 Å². The maximum Gasteiger partial charge on any atom is 0.191 e. The summed E-state index contributed by atoms with van der Waals surface area (Å²) in [5, 5.41) is 6.30. The molecule has 1 aliphatic carbocycles. The summed E-state index contributed by atoms with van der Waals surface area (Å²) >= 11 is 0. The molecule has 0 radical (unpaired) electrons. The highest BCUT2D eigenvalue weighted by molar-refractivity contribution is 14.0. The molecule has 0 unspecified atom stereocenters. The molecule has 1 fully saturated rings. The van der Waals surface area contributed by atoms with Gasteiger partial charge in [-0.1, -0.05) is 12.1 Å². The van der Waals surface area contributed by atoms with E-state index in [0.29, 0.717) is 12.5 Å². The molecule has 2 rings (SSSR count). The van der Waals surface area contributed by atoms with E-state index in [1.54, 1.807) is 33.0 Å². The molecule has 0 spiro atoms. The zero-order valence-electron chi connectivity index (χ0n) is 15.1. The van der Waals surface area contributed by atoms with E-state index in [0.717, 1.165) is 18.4 Å². The van der Waals surface area contributed by atoms with Gasteiger partial charge >= 0.3 is 0 Å². The van der Waals surface area contributed by atoms with E-state index in [1.807, 2.05) is 6.07 Å². The fourth-order valence-electron chi connectivity index (χ4n) is 2.44. The first kappa shape index (κ1) is 22.1. The van der Waals surface area contributed by atoms with E-state index in [4.69, 9.17) is 0 Å². The molecule has 0 aromatic heterocycles. The lowest BCUT2D eigenvalue weighted by Gasteiger charge is -2.25. The van der Waals surface area contributed by atoms with Crippen LogP contribution in [0.4, 0.5) is 4.39 Å². The fraction of sp³-hybridized carbons (Fsp3) is 0.588. The Kier molecular flexibility index (Phi) is 7.26. The molecule has 2 N–H and O–H groups in total. The van der Waals surface area contributed by atoms with Gasteiger partial charge in [-0.25, -0.2) is 12.8 Å². The second-order valence-corrected chi connectivity index (χ2v) is 9.75. The van der Waals surface area contributed by atoms with Crippen molar-refractivity contribution >= 4 is 39.8 Å². The van der Waals surface area contributed by atoms with Gasteiger partial charge in [0.15, 0.2) is 15.8 Å². The summed E-state index contributed by atoms with van der Waals surface area (Å²) in [5.41, 5.74) is 0.924. The highest BCUT2D eigenvalue weighted by atomic mass is 127. The summed E-state index contributed by atoms with van der Waals surface area (Å²) in [6, 6.07) is 6.70. The van der Waals surface area contributed by atoms with Crippen molar-refractivity contribution in [2.24, 2.45) is 4.99 Å². The summed E-state index contributed by atoms with van der Waals surface area (Å²) < 4.78 is 36.1. The molecule has 0 saturated heterocycles. The second kappa shape index (κ2) is 8.20. The molecule has 142 valence electrons. The maximum atomic E-state index is 13.4. The van der Waals surface area contributed by atoms with Crippen LogP contribution in [0.15, 0.2) is 29.3 Å². The van der Waals surface area contributed by atoms with Gasteiger partial charge in [0.05, 0.1) is 4.75 Å². The molecular formula is C17H27FIN3O2S. The van der Waals surface area contributed by atoms with Crippen LogP contribution in [0.3, 0.4) is 0 Å². The Balaban J connectivity index is 0.00000312. The van der Waals surface area contributed by atoms with E-state index >= 15 is 0 Å². The van der Waals surface area contributed by atoms with E-state index in [9.17, 15) is 12.8 Å². The van der Waals surface area contributed by atoms with Gasteiger partial charge in [0, 0.05) is 31.8 Å². The molecule has 25 heavy (non-hydrogen) atoms. The standard InChI is InChI=1S/C17H26FN3O2S.HI/c1-16(2,24(4,22)23)11-20-15(19-3)21-12-17(8-9-17)13-6-5-7-14(18)10-13;/h5-7,10H,8-9,11-12H2,1-4H3,(H2,19,20,21);1H. The van der Waals surface area contributed by atoms with Gasteiger partial charge in [0.25, 0.3) is 0 Å². The lowest BCUT2D eigenvalue weighted by molar-refractivity contribution is 0.543. The van der Waals surface area contributed by atoms with Crippen molar-refractivity contribution < 1.29 is 12.8 Å². The van der Waals surface area contributed by atoms with Crippen molar-refractivity contribution in [2.75, 3.05) is 26.4 Å². The van der Waals surface area contributed by atoms with Crippen LogP contribution in [0.25, 0.3) is 0 Å². The largest absolute Gasteiger partial charge is 0.356 e. The normalized spacial score (nSPS) is 16.8. The third-order valence-corrected chi connectivity index (χ3v) is 6.95. The third-order valence-electron chi connectivity index (χ3n) is 4.79. The zero-order valence-corrected chi connectivity index (χ0v) is 18.2. The third kappa shape index (κ3) is 5.54. The van der Waals surface area contributed by atoms with Gasteiger partial charge in [0.1, 0.15) is 5.82 Å². The zero-order chi connectivity index (χ0) is 18.0. The number of nitrogens with zero attached hydrogens (tertiary/aromatic N) is 1. The molecule has 1 aliphatic rings. The lowest BCUT2D eigenvalue weighted by atomic mass is 9.96. The van der Waals surface area contributed by atoms with Gasteiger partial charge in [0.2, 0.25) is 0 Å². The molecule has 0 amide bonds. The minimum absolute atomic E-state index is 0. The summed E-state index contributed by atoms with van der Waals surface area (Å²) in [5.74, 6) is 0.325. The van der Waals surface area contributed by atoms with E-state index < -0.39 is 14.6 Å². The first-order valence-corrected chi connectivity index (χ1v) is 9.89. The molecule has 0 atom stereocenters. The molecule has 8 heteroatoms. The van der Waals surface area contributed by atoms with Gasteiger partial charge in [-0.15, -0.1) is 24.0 Å². The Morgan fingerprint density at radius 2 is 1.96 bits per heavy atom. The van der Waals surface area contributed by atoms with Gasteiger partial charge < -0.3 is 10.6 Å². The van der Waals surface area contributed by atoms with Crippen LogP contribution in [-0.2, 0) is 15.3 Å². The summed E-state index contributed by atoms with van der Waals surface area (Å²) in [6.07, 6.45) is 3.22. The Bertz CT molecular complexity index is 731. The van der Waals surface area contributed by atoms with Crippen LogP contribution >= 0.6 is 24.0 Å². The molecule has 0 heterocycles. The topological polar surface area (TPSA) is 70.6 Å². The van der Waals surface area contributed by atoms with Crippen molar-refractivity contribution in [1.82, 2.24) is 10.6 Å². The number of benzene rings is 1. The quantitative estimate of drug-likeness (QED) is 0.371. The van der Waals surface area contributed by atoms with Gasteiger partial charge in [-0.3, -0.25) is 4.99 Å². The highest BCUT2D eigenvalue weighted by Gasteiger charge is 2.44. The predicted molar refractivity (Wildman–Crippen MR) is 111 cm³/mol. The monoisotopic (exact) mass is 483 g/mol. The predicted octanol–water partition coefficient (Wildman–Crippen LogP) is 2.46. The molecule has 1 aromatic carbocycles. The van der Waals surface area contributed by atoms with Crippen LogP contribution < -0.4 is 10.6 Å². The number of nitrogens with one attached hydrogen (secondary N) is 2. The molecule has 1 aromatic rings. The van der Waals surface area contributed by atoms with Crippen molar-refractivity contribution in [3.63, 3.8) is 0 Å². The lowest BCUT2D eigenvalue weighted by Crippen LogP contribution is -2.48. The number of guanidine groups is 1. The molecule has 0 aliphatic heterocycles. The SMILES string of the molecule is CN=C(NCC1(c2cccc(F)c2)CC1)NCC(C)(C)S(C)(=O)=O.I. The molecule has 1 saturated carbocycles. The Morgan fingerprint density at radius 1 is 1.32 bits per heavy atom. The fourth-order valence-corrected chi connectivity index (χ4v) is 2.77. The molecular weight excluding hydrogens is 456 g/mol. The Morgan fingerprint density at radius 3 is 2.44 bits per heavy atom. The van der Waals surface area contributed by atoms with E-state index in [-0.39, 0.29) is 41.8 Å². The summed E-state index contributed by atoms with van der Waals surface area (Å²) in [4.78, 5) is 4.14. The van der Waals surface area contributed by atoms with Crippen molar-refractivity contribution in [1.29, 1.82) is 0 Å². The Labute approximate surface area is 166 Å². The van der Waals surface area contributed by atoms with Crippen molar-refractivity contribution in [2.45, 2.75) is 36.9 Å². The number of sulfone groups is 1. The first-order chi connectivity index (χ1) is 11.1. The van der Waals surface area contributed by atoms with Crippen molar-refractivity contribution in [3.05, 3.63) is 35.6 Å². The number of hydrogen-bond acceptors (Lipinski definition) is 3. The van der Waals surface area contributed by atoms with Crippen LogP contribution in [0.1, 0.15) is 32.3 Å². The smallest absolute Gasteiger partial charge is 0.191 e. The summed E-state index contributed by atoms with van der Waals surface area (Å²) in [7, 11) is -1.53. The minimum atomic E-state index is -3.17. The highest BCUT2D eigenvalue weighted by Crippen LogP contribution is 2.47. The van der Waals surface area contributed by atoms with E-state index in [2.05, 4.69) is 15.6 Å². The van der Waals surface area contributed by atoms with Crippen LogP contribution in [-0.4, -0.2) is 45.5 Å². The van der Waals surface area contributed by atoms with Crippen LogP contribution in [0.2, 0.25) is 0 Å². The first-order valence-electron chi connectivity index (χ1n) is 8.00. The minimum Gasteiger partial charge on any atom is -0.356 e. The number of hydrogen-bond donors (Lipinski definition) is 2. The number of rotatable bonds is 6. The molecule has 0 bridgehead atoms. The van der Waals surface area contributed by atoms with Gasteiger partial charge in [-0.05, 0) is 44.4 Å². The second-order valence-electron chi connectivity index (χ2n) is 7.10. The average molecular weight is 483 g/mol. The van der Waals surface area contributed by atoms with E-state index in [1.165, 1.54) is 12.3 Å². The van der Waals surface area contributed by atoms with Crippen LogP contribution in [0, 0.1) is 5.82 Å². The summed E-state index contributed by atoms with van der Waals surface area (Å²) in [6.45, 7) is 4.25. The number of aliphatic imine (C=N–C) groups is 1. The molecule has 5 nitrogen and oxygen atoms in total.